The number of hydrogen-bond acceptors (Lipinski definition) is 5. The lowest BCUT2D eigenvalue weighted by Gasteiger charge is -2.08. The lowest BCUT2D eigenvalue weighted by atomic mass is 10.3. The van der Waals surface area contributed by atoms with E-state index in [1.807, 2.05) is 0 Å². The number of sulfonamides is 1. The van der Waals surface area contributed by atoms with Gasteiger partial charge in [-0.2, -0.15) is 0 Å². The number of urea groups is 1. The number of hydrogen-bond donors (Lipinski definition) is 5. The molecule has 1 aromatic carbocycles. The number of nitrogens with one attached hydrogen (secondary N) is 3. The molecule has 11 heteroatoms. The van der Waals surface area contributed by atoms with Gasteiger partial charge in [0, 0.05) is 5.69 Å². The molecule has 0 radical (unpaired) electrons. The molecule has 0 spiro atoms. The van der Waals surface area contributed by atoms with Crippen molar-refractivity contribution in [2.75, 3.05) is 18.4 Å². The minimum Gasteiger partial charge on any atom is -0.480 e. The predicted molar refractivity (Wildman–Crippen MR) is 75.5 cm³/mol. The SMILES string of the molecule is NS(=O)(=O)c1ccc(NC(=O)NCC(=O)NCC(=O)O)cc1. The van der Waals surface area contributed by atoms with Crippen LogP contribution in [-0.2, 0) is 19.6 Å². The van der Waals surface area contributed by atoms with E-state index in [1.54, 1.807) is 0 Å². The molecule has 0 heterocycles. The van der Waals surface area contributed by atoms with Crippen molar-refractivity contribution in [3.8, 4) is 0 Å². The van der Waals surface area contributed by atoms with Gasteiger partial charge in [0.15, 0.2) is 0 Å². The van der Waals surface area contributed by atoms with Crippen LogP contribution in [0.15, 0.2) is 29.2 Å². The standard InChI is InChI=1S/C11H14N4O6S/c12-22(20,21)8-3-1-7(2-4-8)15-11(19)14-5-9(16)13-6-10(17)18/h1-4H,5-6H2,(H,13,16)(H,17,18)(H2,12,20,21)(H2,14,15,19). The van der Waals surface area contributed by atoms with Gasteiger partial charge in [0.1, 0.15) is 6.54 Å². The van der Waals surface area contributed by atoms with Gasteiger partial charge in [0.05, 0.1) is 11.4 Å². The zero-order valence-electron chi connectivity index (χ0n) is 11.2. The monoisotopic (exact) mass is 330 g/mol. The number of benzene rings is 1. The third-order valence-corrected chi connectivity index (χ3v) is 3.22. The zero-order valence-corrected chi connectivity index (χ0v) is 12.0. The molecule has 6 N–H and O–H groups in total. The normalized spacial score (nSPS) is 10.6. The van der Waals surface area contributed by atoms with Crippen molar-refractivity contribution in [2.24, 2.45) is 5.14 Å². The van der Waals surface area contributed by atoms with Crippen LogP contribution in [0.2, 0.25) is 0 Å². The van der Waals surface area contributed by atoms with E-state index in [0.717, 1.165) is 0 Å². The summed E-state index contributed by atoms with van der Waals surface area (Å²) in [6, 6.07) is 4.36. The molecule has 1 rings (SSSR count). The number of rotatable bonds is 6. The number of aliphatic carboxylic acids is 1. The van der Waals surface area contributed by atoms with Crippen LogP contribution >= 0.6 is 0 Å². The first-order valence-electron chi connectivity index (χ1n) is 5.84. The Hall–Kier alpha value is -2.66. The Labute approximate surface area is 125 Å². The van der Waals surface area contributed by atoms with Crippen molar-refractivity contribution in [2.45, 2.75) is 4.90 Å². The molecule has 0 unspecified atom stereocenters. The van der Waals surface area contributed by atoms with Crippen LogP contribution < -0.4 is 21.1 Å². The Kier molecular flexibility index (Phi) is 5.83. The topological polar surface area (TPSA) is 168 Å². The first-order valence-corrected chi connectivity index (χ1v) is 7.39. The van der Waals surface area contributed by atoms with Crippen LogP contribution in [-0.4, -0.2) is 44.5 Å². The fraction of sp³-hybridized carbons (Fsp3) is 0.182. The molecule has 0 saturated carbocycles. The molecule has 120 valence electrons. The minimum atomic E-state index is -3.81. The Morgan fingerprint density at radius 3 is 2.14 bits per heavy atom. The highest BCUT2D eigenvalue weighted by Gasteiger charge is 2.09. The molecule has 0 atom stereocenters. The van der Waals surface area contributed by atoms with E-state index in [1.165, 1.54) is 24.3 Å². The number of carboxylic acids is 1. The Bertz CT molecular complexity index is 670. The van der Waals surface area contributed by atoms with Gasteiger partial charge >= 0.3 is 12.0 Å². The first-order chi connectivity index (χ1) is 10.2. The van der Waals surface area contributed by atoms with Crippen LogP contribution in [0.5, 0.6) is 0 Å². The highest BCUT2D eigenvalue weighted by molar-refractivity contribution is 7.89. The van der Waals surface area contributed by atoms with Gasteiger partial charge in [0.2, 0.25) is 15.9 Å². The van der Waals surface area contributed by atoms with Crippen molar-refractivity contribution in [3.63, 3.8) is 0 Å². The molecule has 3 amide bonds. The van der Waals surface area contributed by atoms with Gasteiger partial charge in [-0.15, -0.1) is 0 Å². The lowest BCUT2D eigenvalue weighted by molar-refractivity contribution is -0.137. The molecule has 0 aliphatic heterocycles. The van der Waals surface area contributed by atoms with E-state index >= 15 is 0 Å². The van der Waals surface area contributed by atoms with Crippen molar-refractivity contribution >= 4 is 33.6 Å². The van der Waals surface area contributed by atoms with Gasteiger partial charge in [-0.3, -0.25) is 9.59 Å². The Balaban J connectivity index is 2.45. The quantitative estimate of drug-likeness (QED) is 0.432. The molecular weight excluding hydrogens is 316 g/mol. The van der Waals surface area contributed by atoms with E-state index in [-0.39, 0.29) is 10.6 Å². The second-order valence-electron chi connectivity index (χ2n) is 4.05. The summed E-state index contributed by atoms with van der Waals surface area (Å²) in [7, 11) is -3.81. The summed E-state index contributed by atoms with van der Waals surface area (Å²) >= 11 is 0. The summed E-state index contributed by atoms with van der Waals surface area (Å²) < 4.78 is 22.1. The number of primary sulfonamides is 1. The molecule has 0 aromatic heterocycles. The molecule has 0 fully saturated rings. The zero-order chi connectivity index (χ0) is 16.8. The number of anilines is 1. The number of carbonyl (C=O) groups is 3. The summed E-state index contributed by atoms with van der Waals surface area (Å²) in [5.41, 5.74) is 0.288. The third kappa shape index (κ3) is 6.19. The fourth-order valence-electron chi connectivity index (χ4n) is 1.30. The number of carboxylic acid groups (broad SMARTS) is 1. The van der Waals surface area contributed by atoms with Gasteiger partial charge in [0.25, 0.3) is 0 Å². The fourth-order valence-corrected chi connectivity index (χ4v) is 1.82. The van der Waals surface area contributed by atoms with Gasteiger partial charge in [-0.05, 0) is 24.3 Å². The van der Waals surface area contributed by atoms with Crippen molar-refractivity contribution in [3.05, 3.63) is 24.3 Å². The molecule has 0 aliphatic rings. The summed E-state index contributed by atoms with van der Waals surface area (Å²) in [6.07, 6.45) is 0. The summed E-state index contributed by atoms with van der Waals surface area (Å²) in [5.74, 6) is -1.87. The van der Waals surface area contributed by atoms with Crippen LogP contribution in [0.4, 0.5) is 10.5 Å². The molecule has 10 nitrogen and oxygen atoms in total. The summed E-state index contributed by atoms with van der Waals surface area (Å²) in [5, 5.41) is 19.9. The summed E-state index contributed by atoms with van der Waals surface area (Å²) in [4.78, 5) is 32.7. The lowest BCUT2D eigenvalue weighted by Crippen LogP contribution is -2.40. The van der Waals surface area contributed by atoms with Gasteiger partial charge in [-0.1, -0.05) is 0 Å². The molecule has 22 heavy (non-hydrogen) atoms. The van der Waals surface area contributed by atoms with E-state index in [2.05, 4.69) is 16.0 Å². The van der Waals surface area contributed by atoms with E-state index in [9.17, 15) is 22.8 Å². The average molecular weight is 330 g/mol. The van der Waals surface area contributed by atoms with Crippen LogP contribution in [0, 0.1) is 0 Å². The maximum absolute atomic E-state index is 11.5. The number of nitrogens with two attached hydrogens (primary N) is 1. The Morgan fingerprint density at radius 1 is 1.05 bits per heavy atom. The largest absolute Gasteiger partial charge is 0.480 e. The minimum absolute atomic E-state index is 0.105. The van der Waals surface area contributed by atoms with Crippen molar-refractivity contribution < 1.29 is 27.9 Å². The van der Waals surface area contributed by atoms with Crippen LogP contribution in [0.1, 0.15) is 0 Å². The van der Waals surface area contributed by atoms with Gasteiger partial charge < -0.3 is 21.1 Å². The van der Waals surface area contributed by atoms with Crippen LogP contribution in [0.25, 0.3) is 0 Å². The highest BCUT2D eigenvalue weighted by Crippen LogP contribution is 2.12. The predicted octanol–water partition coefficient (Wildman–Crippen LogP) is -1.34. The third-order valence-electron chi connectivity index (χ3n) is 2.29. The first kappa shape index (κ1) is 17.4. The maximum atomic E-state index is 11.5. The van der Waals surface area contributed by atoms with Crippen molar-refractivity contribution in [1.29, 1.82) is 0 Å². The van der Waals surface area contributed by atoms with Gasteiger partial charge in [-0.25, -0.2) is 18.4 Å². The second-order valence-corrected chi connectivity index (χ2v) is 5.61. The molecule has 0 saturated heterocycles. The number of carbonyl (C=O) groups excluding carboxylic acids is 2. The molecule has 1 aromatic rings. The maximum Gasteiger partial charge on any atom is 0.322 e. The molecule has 0 bridgehead atoms. The van der Waals surface area contributed by atoms with E-state index in [0.29, 0.717) is 0 Å². The smallest absolute Gasteiger partial charge is 0.322 e. The van der Waals surface area contributed by atoms with Crippen LogP contribution in [0.3, 0.4) is 0 Å². The summed E-state index contributed by atoms with van der Waals surface area (Å²) in [6.45, 7) is -0.953. The second kappa shape index (κ2) is 7.38. The molecular formula is C11H14N4O6S. The highest BCUT2D eigenvalue weighted by atomic mass is 32.2. The Morgan fingerprint density at radius 2 is 1.64 bits per heavy atom. The molecule has 0 aliphatic carbocycles. The van der Waals surface area contributed by atoms with E-state index < -0.39 is 41.0 Å². The van der Waals surface area contributed by atoms with Crippen molar-refractivity contribution in [1.82, 2.24) is 10.6 Å². The number of amides is 3. The average Bonchev–Trinajstić information content (AvgIpc) is 2.42. The van der Waals surface area contributed by atoms with E-state index in [4.69, 9.17) is 10.2 Å².